The van der Waals surface area contributed by atoms with Crippen LogP contribution >= 0.6 is 0 Å². The second-order valence-corrected chi connectivity index (χ2v) is 6.43. The van der Waals surface area contributed by atoms with Gasteiger partial charge in [-0.05, 0) is 12.5 Å². The van der Waals surface area contributed by atoms with Crippen molar-refractivity contribution in [3.05, 3.63) is 53.5 Å². The summed E-state index contributed by atoms with van der Waals surface area (Å²) in [6.07, 6.45) is 1.40. The first-order valence-electron chi connectivity index (χ1n) is 8.69. The van der Waals surface area contributed by atoms with Gasteiger partial charge in [0.15, 0.2) is 0 Å². The van der Waals surface area contributed by atoms with Crippen LogP contribution in [0.4, 0.5) is 5.82 Å². The molecule has 1 aromatic carbocycles. The molecule has 0 unspecified atom stereocenters. The Morgan fingerprint density at radius 3 is 2.35 bits per heavy atom. The third-order valence-electron chi connectivity index (χ3n) is 4.49. The van der Waals surface area contributed by atoms with Crippen molar-refractivity contribution in [3.8, 4) is 0 Å². The number of rotatable bonds is 4. The zero-order valence-electron chi connectivity index (χ0n) is 15.1. The molecule has 1 fully saturated rings. The van der Waals surface area contributed by atoms with Crippen LogP contribution in [-0.2, 0) is 11.3 Å². The van der Waals surface area contributed by atoms with Gasteiger partial charge >= 0.3 is 0 Å². The Hall–Kier alpha value is -2.96. The molecular formula is C19H23N5O2. The van der Waals surface area contributed by atoms with Crippen molar-refractivity contribution in [3.63, 3.8) is 0 Å². The lowest BCUT2D eigenvalue weighted by molar-refractivity contribution is -0.130. The monoisotopic (exact) mass is 353 g/mol. The highest BCUT2D eigenvalue weighted by molar-refractivity contribution is 5.93. The number of hydrogen-bond acceptors (Lipinski definition) is 5. The van der Waals surface area contributed by atoms with Crippen LogP contribution in [-0.4, -0.2) is 57.8 Å². The van der Waals surface area contributed by atoms with Crippen LogP contribution in [0.3, 0.4) is 0 Å². The van der Waals surface area contributed by atoms with Crippen LogP contribution in [0.1, 0.15) is 28.5 Å². The van der Waals surface area contributed by atoms with E-state index in [1.54, 1.807) is 22.8 Å². The smallest absolute Gasteiger partial charge is 0.272 e. The van der Waals surface area contributed by atoms with E-state index >= 15 is 0 Å². The highest BCUT2D eigenvalue weighted by Crippen LogP contribution is 2.12. The minimum atomic E-state index is -0.131. The minimum Gasteiger partial charge on any atom is -0.366 e. The third kappa shape index (κ3) is 4.36. The number of piperazine rings is 1. The Labute approximate surface area is 153 Å². The van der Waals surface area contributed by atoms with E-state index in [0.717, 1.165) is 5.56 Å². The van der Waals surface area contributed by atoms with Crippen LogP contribution in [0.25, 0.3) is 0 Å². The number of nitrogens with zero attached hydrogens (tertiary/aromatic N) is 4. The topological polar surface area (TPSA) is 78.4 Å². The lowest BCUT2D eigenvalue weighted by atomic mass is 10.1. The van der Waals surface area contributed by atoms with Crippen LogP contribution in [0.5, 0.6) is 0 Å². The molecule has 0 aliphatic carbocycles. The minimum absolute atomic E-state index is 0.0433. The predicted octanol–water partition coefficient (Wildman–Crippen LogP) is 1.70. The molecule has 26 heavy (non-hydrogen) atoms. The molecule has 3 rings (SSSR count). The molecule has 136 valence electrons. The van der Waals surface area contributed by atoms with Gasteiger partial charge in [-0.1, -0.05) is 29.8 Å². The number of nitrogens with one attached hydrogen (secondary N) is 1. The van der Waals surface area contributed by atoms with E-state index in [1.807, 2.05) is 0 Å². The molecule has 2 aromatic rings. The maximum absolute atomic E-state index is 12.6. The number of carbonyl (C=O) groups is 2. The van der Waals surface area contributed by atoms with Gasteiger partial charge in [0.2, 0.25) is 5.91 Å². The van der Waals surface area contributed by atoms with Gasteiger partial charge in [0.05, 0.1) is 0 Å². The molecule has 2 amide bonds. The first-order chi connectivity index (χ1) is 12.5. The van der Waals surface area contributed by atoms with Gasteiger partial charge in [0.1, 0.15) is 17.8 Å². The Kier molecular flexibility index (Phi) is 5.46. The van der Waals surface area contributed by atoms with E-state index in [-0.39, 0.29) is 11.8 Å². The van der Waals surface area contributed by atoms with E-state index in [9.17, 15) is 9.59 Å². The highest BCUT2D eigenvalue weighted by Gasteiger charge is 2.24. The van der Waals surface area contributed by atoms with Gasteiger partial charge in [-0.3, -0.25) is 9.59 Å². The first kappa shape index (κ1) is 17.8. The molecule has 1 aromatic heterocycles. The quantitative estimate of drug-likeness (QED) is 0.905. The van der Waals surface area contributed by atoms with E-state index in [2.05, 4.69) is 46.5 Å². The molecule has 1 N–H and O–H groups in total. The zero-order chi connectivity index (χ0) is 18.5. The highest BCUT2D eigenvalue weighted by atomic mass is 16.2. The summed E-state index contributed by atoms with van der Waals surface area (Å²) in [5.74, 6) is 0.530. The molecule has 0 spiro atoms. The summed E-state index contributed by atoms with van der Waals surface area (Å²) in [4.78, 5) is 35.8. The van der Waals surface area contributed by atoms with Gasteiger partial charge in [0.25, 0.3) is 5.91 Å². The Balaban J connectivity index is 1.60. The van der Waals surface area contributed by atoms with E-state index in [1.165, 1.54) is 11.9 Å². The van der Waals surface area contributed by atoms with Crippen LogP contribution in [0.2, 0.25) is 0 Å². The zero-order valence-corrected chi connectivity index (χ0v) is 15.1. The van der Waals surface area contributed by atoms with E-state index in [0.29, 0.717) is 44.2 Å². The summed E-state index contributed by atoms with van der Waals surface area (Å²) in [6, 6.07) is 9.92. The summed E-state index contributed by atoms with van der Waals surface area (Å²) in [5.41, 5.74) is 2.72. The van der Waals surface area contributed by atoms with E-state index in [4.69, 9.17) is 0 Å². The summed E-state index contributed by atoms with van der Waals surface area (Å²) < 4.78 is 0. The molecule has 7 heteroatoms. The lowest BCUT2D eigenvalue weighted by Crippen LogP contribution is -2.50. The number of anilines is 1. The van der Waals surface area contributed by atoms with Gasteiger partial charge in [0, 0.05) is 45.7 Å². The number of amides is 2. The fourth-order valence-corrected chi connectivity index (χ4v) is 2.86. The van der Waals surface area contributed by atoms with Crippen molar-refractivity contribution >= 4 is 17.6 Å². The summed E-state index contributed by atoms with van der Waals surface area (Å²) in [5, 5.41) is 3.23. The molecular weight excluding hydrogens is 330 g/mol. The average Bonchev–Trinajstić information content (AvgIpc) is 2.67. The summed E-state index contributed by atoms with van der Waals surface area (Å²) in [6.45, 7) is 6.39. The van der Waals surface area contributed by atoms with Crippen molar-refractivity contribution in [1.29, 1.82) is 0 Å². The average molecular weight is 353 g/mol. The largest absolute Gasteiger partial charge is 0.366 e. The van der Waals surface area contributed by atoms with Gasteiger partial charge in [-0.25, -0.2) is 9.97 Å². The maximum atomic E-state index is 12.6. The van der Waals surface area contributed by atoms with E-state index < -0.39 is 0 Å². The maximum Gasteiger partial charge on any atom is 0.272 e. The molecule has 0 atom stereocenters. The summed E-state index contributed by atoms with van der Waals surface area (Å²) in [7, 11) is 0. The normalized spacial score (nSPS) is 14.2. The SMILES string of the molecule is CC(=O)N1CCN(C(=O)c2cc(NCc3ccc(C)cc3)ncn2)CC1. The van der Waals surface area contributed by atoms with Crippen molar-refractivity contribution < 1.29 is 9.59 Å². The number of hydrogen-bond donors (Lipinski definition) is 1. The second-order valence-electron chi connectivity index (χ2n) is 6.43. The van der Waals surface area contributed by atoms with Crippen molar-refractivity contribution in [2.45, 2.75) is 20.4 Å². The number of benzene rings is 1. The number of aromatic nitrogens is 2. The van der Waals surface area contributed by atoms with Gasteiger partial charge < -0.3 is 15.1 Å². The fraction of sp³-hybridized carbons (Fsp3) is 0.368. The molecule has 0 radical (unpaired) electrons. The van der Waals surface area contributed by atoms with Gasteiger partial charge in [-0.15, -0.1) is 0 Å². The molecule has 1 aliphatic rings. The molecule has 0 bridgehead atoms. The van der Waals surface area contributed by atoms with Crippen molar-refractivity contribution in [1.82, 2.24) is 19.8 Å². The number of aryl methyl sites for hydroxylation is 1. The second kappa shape index (κ2) is 7.95. The standard InChI is InChI=1S/C19H23N5O2/c1-14-3-5-16(6-4-14)12-20-18-11-17(21-13-22-18)19(26)24-9-7-23(8-10-24)15(2)25/h3-6,11,13H,7-10,12H2,1-2H3,(H,20,21,22). The Morgan fingerprint density at radius 2 is 1.69 bits per heavy atom. The Bertz CT molecular complexity index is 783. The molecule has 0 saturated carbocycles. The lowest BCUT2D eigenvalue weighted by Gasteiger charge is -2.34. The van der Waals surface area contributed by atoms with Crippen LogP contribution < -0.4 is 5.32 Å². The molecule has 1 saturated heterocycles. The molecule has 1 aliphatic heterocycles. The number of carbonyl (C=O) groups excluding carboxylic acids is 2. The predicted molar refractivity (Wildman–Crippen MR) is 98.7 cm³/mol. The van der Waals surface area contributed by atoms with Gasteiger partial charge in [-0.2, -0.15) is 0 Å². The first-order valence-corrected chi connectivity index (χ1v) is 8.69. The fourth-order valence-electron chi connectivity index (χ4n) is 2.86. The van der Waals surface area contributed by atoms with Crippen LogP contribution in [0.15, 0.2) is 36.7 Å². The third-order valence-corrected chi connectivity index (χ3v) is 4.49. The molecule has 2 heterocycles. The molecule has 7 nitrogen and oxygen atoms in total. The Morgan fingerprint density at radius 1 is 1.04 bits per heavy atom. The van der Waals surface area contributed by atoms with Crippen LogP contribution in [0, 0.1) is 6.92 Å². The summed E-state index contributed by atoms with van der Waals surface area (Å²) >= 11 is 0. The van der Waals surface area contributed by atoms with Crippen molar-refractivity contribution in [2.24, 2.45) is 0 Å². The van der Waals surface area contributed by atoms with Crippen molar-refractivity contribution in [2.75, 3.05) is 31.5 Å².